The number of para-hydroxylation sites is 1. The molecule has 2 aromatic rings. The first-order valence-electron chi connectivity index (χ1n) is 6.21. The van der Waals surface area contributed by atoms with E-state index in [1.807, 2.05) is 31.2 Å². The van der Waals surface area contributed by atoms with Crippen molar-refractivity contribution in [2.75, 3.05) is 17.2 Å². The molecule has 2 N–H and O–H groups in total. The topological polar surface area (TPSA) is 41.1 Å². The number of nitrogens with one attached hydrogen (secondary N) is 2. The van der Waals surface area contributed by atoms with Gasteiger partial charge in [0.1, 0.15) is 5.82 Å². The molecule has 0 bridgehead atoms. The lowest BCUT2D eigenvalue weighted by atomic mass is 10.2. The molecule has 0 aliphatic heterocycles. The van der Waals surface area contributed by atoms with Crippen molar-refractivity contribution in [2.45, 2.75) is 6.92 Å². The monoisotopic (exact) mass is 326 g/mol. The van der Waals surface area contributed by atoms with Gasteiger partial charge in [0, 0.05) is 5.69 Å². The maximum atomic E-state index is 13.1. The number of anilines is 2. The van der Waals surface area contributed by atoms with Crippen LogP contribution < -0.4 is 10.6 Å². The van der Waals surface area contributed by atoms with Crippen molar-refractivity contribution in [3.63, 3.8) is 0 Å². The van der Waals surface area contributed by atoms with Crippen LogP contribution in [0.1, 0.15) is 5.56 Å². The second-order valence-electron chi connectivity index (χ2n) is 4.46. The number of aryl methyl sites for hydroxylation is 1. The maximum Gasteiger partial charge on any atom is 0.243 e. The summed E-state index contributed by atoms with van der Waals surface area (Å²) in [7, 11) is 0. The van der Waals surface area contributed by atoms with Gasteiger partial charge in [0.2, 0.25) is 5.91 Å². The number of benzene rings is 2. The van der Waals surface area contributed by atoms with Gasteiger partial charge in [0.15, 0.2) is 0 Å². The lowest BCUT2D eigenvalue weighted by Crippen LogP contribution is -2.22. The SMILES string of the molecule is Cc1ccccc1NC(=O)CNc1c(Cl)cc(F)cc1Cl. The Morgan fingerprint density at radius 2 is 1.81 bits per heavy atom. The minimum atomic E-state index is -0.528. The van der Waals surface area contributed by atoms with E-state index in [-0.39, 0.29) is 22.5 Å². The molecule has 2 aromatic carbocycles. The molecule has 1 amide bonds. The van der Waals surface area contributed by atoms with Gasteiger partial charge in [-0.2, -0.15) is 0 Å². The summed E-state index contributed by atoms with van der Waals surface area (Å²) in [5.41, 5.74) is 2.03. The summed E-state index contributed by atoms with van der Waals surface area (Å²) in [6.07, 6.45) is 0. The molecule has 6 heteroatoms. The van der Waals surface area contributed by atoms with Crippen molar-refractivity contribution >= 4 is 40.5 Å². The van der Waals surface area contributed by atoms with Crippen molar-refractivity contribution in [3.8, 4) is 0 Å². The number of halogens is 3. The molecule has 3 nitrogen and oxygen atoms in total. The highest BCUT2D eigenvalue weighted by atomic mass is 35.5. The fraction of sp³-hybridized carbons (Fsp3) is 0.133. The van der Waals surface area contributed by atoms with E-state index in [4.69, 9.17) is 23.2 Å². The van der Waals surface area contributed by atoms with Gasteiger partial charge in [-0.3, -0.25) is 4.79 Å². The Labute approximate surface area is 132 Å². The Balaban J connectivity index is 2.01. The number of carbonyl (C=O) groups excluding carboxylic acids is 1. The summed E-state index contributed by atoms with van der Waals surface area (Å²) >= 11 is 11.8. The first-order chi connectivity index (χ1) is 9.97. The van der Waals surface area contributed by atoms with Crippen LogP contribution in [0.5, 0.6) is 0 Å². The summed E-state index contributed by atoms with van der Waals surface area (Å²) in [4.78, 5) is 11.9. The summed E-state index contributed by atoms with van der Waals surface area (Å²) in [5.74, 6) is -0.777. The second-order valence-corrected chi connectivity index (χ2v) is 5.28. The minimum absolute atomic E-state index is 0.0284. The molecule has 110 valence electrons. The molecule has 2 rings (SSSR count). The molecular formula is C15H13Cl2FN2O. The second kappa shape index (κ2) is 6.78. The van der Waals surface area contributed by atoms with E-state index in [2.05, 4.69) is 10.6 Å². The van der Waals surface area contributed by atoms with Crippen molar-refractivity contribution in [1.29, 1.82) is 0 Å². The van der Waals surface area contributed by atoms with Gasteiger partial charge in [-0.05, 0) is 30.7 Å². The van der Waals surface area contributed by atoms with Gasteiger partial charge < -0.3 is 10.6 Å². The molecule has 0 aliphatic rings. The average molecular weight is 327 g/mol. The summed E-state index contributed by atoms with van der Waals surface area (Å²) in [6, 6.07) is 9.71. The fourth-order valence-electron chi connectivity index (χ4n) is 1.79. The fourth-order valence-corrected chi connectivity index (χ4v) is 2.38. The van der Waals surface area contributed by atoms with Gasteiger partial charge in [-0.1, -0.05) is 41.4 Å². The predicted molar refractivity (Wildman–Crippen MR) is 84.7 cm³/mol. The van der Waals surface area contributed by atoms with Crippen LogP contribution in [-0.2, 0) is 4.79 Å². The van der Waals surface area contributed by atoms with Crippen molar-refractivity contribution in [3.05, 3.63) is 57.8 Å². The quantitative estimate of drug-likeness (QED) is 0.869. The molecule has 0 saturated heterocycles. The third-order valence-corrected chi connectivity index (χ3v) is 3.45. The first kappa shape index (κ1) is 15.6. The Hall–Kier alpha value is -1.78. The van der Waals surface area contributed by atoms with E-state index >= 15 is 0 Å². The Kier molecular flexibility index (Phi) is 5.04. The third-order valence-electron chi connectivity index (χ3n) is 2.85. The first-order valence-corrected chi connectivity index (χ1v) is 6.97. The van der Waals surface area contributed by atoms with Gasteiger partial charge in [-0.25, -0.2) is 4.39 Å². The number of carbonyl (C=O) groups is 1. The largest absolute Gasteiger partial charge is 0.374 e. The van der Waals surface area contributed by atoms with Crippen LogP contribution in [0.2, 0.25) is 10.0 Å². The zero-order valence-electron chi connectivity index (χ0n) is 11.2. The van der Waals surface area contributed by atoms with Gasteiger partial charge in [0.25, 0.3) is 0 Å². The summed E-state index contributed by atoms with van der Waals surface area (Å²) in [5, 5.41) is 5.83. The average Bonchev–Trinajstić information content (AvgIpc) is 2.40. The molecule has 0 unspecified atom stereocenters. The zero-order chi connectivity index (χ0) is 15.4. The van der Waals surface area contributed by atoms with Crippen LogP contribution in [0.4, 0.5) is 15.8 Å². The van der Waals surface area contributed by atoms with E-state index < -0.39 is 5.82 Å². The van der Waals surface area contributed by atoms with Crippen LogP contribution in [-0.4, -0.2) is 12.5 Å². The molecule has 0 fully saturated rings. The minimum Gasteiger partial charge on any atom is -0.374 e. The van der Waals surface area contributed by atoms with Crippen LogP contribution >= 0.6 is 23.2 Å². The predicted octanol–water partition coefficient (Wildman–Crippen LogP) is 4.49. The Bertz CT molecular complexity index is 653. The maximum absolute atomic E-state index is 13.1. The molecule has 0 aliphatic carbocycles. The molecule has 0 radical (unpaired) electrons. The molecule has 21 heavy (non-hydrogen) atoms. The Morgan fingerprint density at radius 1 is 1.19 bits per heavy atom. The van der Waals surface area contributed by atoms with Gasteiger partial charge >= 0.3 is 0 Å². The van der Waals surface area contributed by atoms with Crippen molar-refractivity contribution < 1.29 is 9.18 Å². The lowest BCUT2D eigenvalue weighted by Gasteiger charge is -2.12. The number of amides is 1. The summed E-state index contributed by atoms with van der Waals surface area (Å²) < 4.78 is 13.1. The summed E-state index contributed by atoms with van der Waals surface area (Å²) in [6.45, 7) is 1.87. The molecule has 0 saturated carbocycles. The number of rotatable bonds is 4. The molecule has 0 heterocycles. The van der Waals surface area contributed by atoms with Crippen LogP contribution in [0.25, 0.3) is 0 Å². The Morgan fingerprint density at radius 3 is 2.43 bits per heavy atom. The van der Waals surface area contributed by atoms with Gasteiger partial charge in [0.05, 0.1) is 22.3 Å². The van der Waals surface area contributed by atoms with Crippen molar-refractivity contribution in [2.24, 2.45) is 0 Å². The van der Waals surface area contributed by atoms with Crippen molar-refractivity contribution in [1.82, 2.24) is 0 Å². The van der Waals surface area contributed by atoms with E-state index in [1.54, 1.807) is 0 Å². The molecule has 0 aromatic heterocycles. The van der Waals surface area contributed by atoms with Crippen LogP contribution in [0.3, 0.4) is 0 Å². The molecule has 0 spiro atoms. The van der Waals surface area contributed by atoms with Gasteiger partial charge in [-0.15, -0.1) is 0 Å². The zero-order valence-corrected chi connectivity index (χ0v) is 12.7. The molecule has 0 atom stereocenters. The standard InChI is InChI=1S/C15H13Cl2FN2O/c1-9-4-2-3-5-13(9)20-14(21)8-19-15-11(16)6-10(18)7-12(15)17/h2-7,19H,8H2,1H3,(H,20,21). The van der Waals surface area contributed by atoms with Crippen LogP contribution in [0.15, 0.2) is 36.4 Å². The van der Waals surface area contributed by atoms with E-state index in [1.165, 1.54) is 0 Å². The number of hydrogen-bond donors (Lipinski definition) is 2. The smallest absolute Gasteiger partial charge is 0.243 e. The lowest BCUT2D eigenvalue weighted by molar-refractivity contribution is -0.114. The van der Waals surface area contributed by atoms with E-state index in [9.17, 15) is 9.18 Å². The molecular weight excluding hydrogens is 314 g/mol. The third kappa shape index (κ3) is 4.09. The highest BCUT2D eigenvalue weighted by molar-refractivity contribution is 6.39. The van der Waals surface area contributed by atoms with E-state index in [0.717, 1.165) is 23.4 Å². The highest BCUT2D eigenvalue weighted by Crippen LogP contribution is 2.31. The van der Waals surface area contributed by atoms with E-state index in [0.29, 0.717) is 5.69 Å². The van der Waals surface area contributed by atoms with Crippen LogP contribution in [0, 0.1) is 12.7 Å². The highest BCUT2D eigenvalue weighted by Gasteiger charge is 2.10. The number of hydrogen-bond acceptors (Lipinski definition) is 2. The normalized spacial score (nSPS) is 10.3.